The third-order valence-electron chi connectivity index (χ3n) is 4.33. The minimum Gasteiger partial charge on any atom is -0.490 e. The molecule has 1 N–H and O–H groups in total. The number of ether oxygens (including phenoxy) is 1. The first-order valence-electron chi connectivity index (χ1n) is 7.72. The third-order valence-corrected chi connectivity index (χ3v) is 4.33. The summed E-state index contributed by atoms with van der Waals surface area (Å²) < 4.78 is 5.56. The predicted octanol–water partition coefficient (Wildman–Crippen LogP) is 1.48. The summed E-state index contributed by atoms with van der Waals surface area (Å²) in [6.07, 6.45) is 1.10. The SMILES string of the molecule is CC1(C)CCN(CC(=O)NC2COc3ccccc3C2=O)C1. The summed E-state index contributed by atoms with van der Waals surface area (Å²) in [6, 6.07) is 6.56. The van der Waals surface area contributed by atoms with Crippen molar-refractivity contribution in [1.82, 2.24) is 10.2 Å². The first kappa shape index (κ1) is 15.0. The second-order valence-electron chi connectivity index (χ2n) is 6.92. The Bertz CT molecular complexity index is 597. The number of ketones is 1. The highest BCUT2D eigenvalue weighted by Gasteiger charge is 2.32. The second kappa shape index (κ2) is 5.72. The van der Waals surface area contributed by atoms with Crippen molar-refractivity contribution in [2.24, 2.45) is 5.41 Å². The molecule has 1 aromatic carbocycles. The Hall–Kier alpha value is -1.88. The maximum Gasteiger partial charge on any atom is 0.234 e. The zero-order chi connectivity index (χ0) is 15.7. The van der Waals surface area contributed by atoms with Gasteiger partial charge in [-0.05, 0) is 30.5 Å². The van der Waals surface area contributed by atoms with Crippen LogP contribution in [0, 0.1) is 5.41 Å². The molecule has 22 heavy (non-hydrogen) atoms. The van der Waals surface area contributed by atoms with Gasteiger partial charge in [-0.1, -0.05) is 26.0 Å². The molecule has 2 aliphatic rings. The van der Waals surface area contributed by atoms with Crippen LogP contribution < -0.4 is 10.1 Å². The fraction of sp³-hybridized carbons (Fsp3) is 0.529. The number of para-hydroxylation sites is 1. The van der Waals surface area contributed by atoms with Gasteiger partial charge < -0.3 is 10.1 Å². The molecule has 118 valence electrons. The topological polar surface area (TPSA) is 58.6 Å². The van der Waals surface area contributed by atoms with Gasteiger partial charge in [0, 0.05) is 6.54 Å². The summed E-state index contributed by atoms with van der Waals surface area (Å²) in [5.74, 6) is 0.412. The van der Waals surface area contributed by atoms with Gasteiger partial charge in [-0.15, -0.1) is 0 Å². The van der Waals surface area contributed by atoms with Crippen molar-refractivity contribution in [2.45, 2.75) is 26.3 Å². The Morgan fingerprint density at radius 1 is 1.41 bits per heavy atom. The third kappa shape index (κ3) is 3.14. The first-order valence-corrected chi connectivity index (χ1v) is 7.72. The van der Waals surface area contributed by atoms with Crippen LogP contribution in [0.15, 0.2) is 24.3 Å². The van der Waals surface area contributed by atoms with Gasteiger partial charge in [0.15, 0.2) is 5.78 Å². The maximum atomic E-state index is 12.4. The molecule has 1 unspecified atom stereocenters. The maximum absolute atomic E-state index is 12.4. The summed E-state index contributed by atoms with van der Waals surface area (Å²) in [4.78, 5) is 26.7. The van der Waals surface area contributed by atoms with Crippen molar-refractivity contribution in [2.75, 3.05) is 26.2 Å². The van der Waals surface area contributed by atoms with Crippen LogP contribution in [0.2, 0.25) is 0 Å². The first-order chi connectivity index (χ1) is 10.4. The number of hydrogen-bond donors (Lipinski definition) is 1. The van der Waals surface area contributed by atoms with E-state index in [-0.39, 0.29) is 23.7 Å². The number of carbonyl (C=O) groups is 2. The summed E-state index contributed by atoms with van der Waals surface area (Å²) in [5, 5.41) is 2.81. The molecule has 5 nitrogen and oxygen atoms in total. The minimum absolute atomic E-state index is 0.0723. The number of nitrogens with one attached hydrogen (secondary N) is 1. The molecule has 0 saturated carbocycles. The van der Waals surface area contributed by atoms with Crippen LogP contribution in [0.1, 0.15) is 30.6 Å². The highest BCUT2D eigenvalue weighted by atomic mass is 16.5. The molecule has 1 amide bonds. The molecule has 0 aromatic heterocycles. The number of likely N-dealkylation sites (tertiary alicyclic amines) is 1. The van der Waals surface area contributed by atoms with Gasteiger partial charge in [0.05, 0.1) is 12.1 Å². The van der Waals surface area contributed by atoms with Gasteiger partial charge in [0.1, 0.15) is 18.4 Å². The van der Waals surface area contributed by atoms with Crippen molar-refractivity contribution < 1.29 is 14.3 Å². The van der Waals surface area contributed by atoms with Crippen molar-refractivity contribution >= 4 is 11.7 Å². The normalized spacial score (nSPS) is 23.7. The molecule has 0 spiro atoms. The molecule has 0 radical (unpaired) electrons. The molecule has 1 aromatic rings. The molecule has 5 heteroatoms. The fourth-order valence-electron chi connectivity index (χ4n) is 3.14. The van der Waals surface area contributed by atoms with E-state index in [4.69, 9.17) is 4.74 Å². The Kier molecular flexibility index (Phi) is 3.91. The Balaban J connectivity index is 1.58. The van der Waals surface area contributed by atoms with E-state index in [1.165, 1.54) is 0 Å². The van der Waals surface area contributed by atoms with Gasteiger partial charge in [0.25, 0.3) is 0 Å². The summed E-state index contributed by atoms with van der Waals surface area (Å²) in [7, 11) is 0. The minimum atomic E-state index is -0.585. The van der Waals surface area contributed by atoms with E-state index < -0.39 is 6.04 Å². The number of fused-ring (bicyclic) bond motifs is 1. The average molecular weight is 302 g/mol. The van der Waals surface area contributed by atoms with E-state index >= 15 is 0 Å². The van der Waals surface area contributed by atoms with Gasteiger partial charge in [-0.3, -0.25) is 14.5 Å². The Morgan fingerprint density at radius 3 is 2.91 bits per heavy atom. The highest BCUT2D eigenvalue weighted by molar-refractivity contribution is 6.05. The van der Waals surface area contributed by atoms with Crippen LogP contribution in [-0.4, -0.2) is 48.9 Å². The van der Waals surface area contributed by atoms with E-state index in [0.29, 0.717) is 17.9 Å². The summed E-state index contributed by atoms with van der Waals surface area (Å²) in [6.45, 7) is 6.80. The second-order valence-corrected chi connectivity index (χ2v) is 6.92. The standard InChI is InChI=1S/C17H22N2O3/c1-17(2)7-8-19(11-17)9-15(20)18-13-10-22-14-6-4-3-5-12(14)16(13)21/h3-6,13H,7-11H2,1-2H3,(H,18,20). The van der Waals surface area contributed by atoms with Crippen LogP contribution in [-0.2, 0) is 4.79 Å². The number of nitrogens with zero attached hydrogens (tertiary/aromatic N) is 1. The Labute approximate surface area is 130 Å². The highest BCUT2D eigenvalue weighted by Crippen LogP contribution is 2.28. The average Bonchev–Trinajstić information content (AvgIpc) is 2.81. The van der Waals surface area contributed by atoms with Crippen LogP contribution in [0.3, 0.4) is 0 Å². The molecule has 0 bridgehead atoms. The number of rotatable bonds is 3. The number of hydrogen-bond acceptors (Lipinski definition) is 4. The zero-order valence-electron chi connectivity index (χ0n) is 13.1. The molecule has 3 rings (SSSR count). The van der Waals surface area contributed by atoms with Crippen LogP contribution in [0.5, 0.6) is 5.75 Å². The lowest BCUT2D eigenvalue weighted by atomic mass is 9.93. The molecule has 2 heterocycles. The van der Waals surface area contributed by atoms with E-state index in [2.05, 4.69) is 24.1 Å². The van der Waals surface area contributed by atoms with Crippen molar-refractivity contribution in [3.63, 3.8) is 0 Å². The molecular formula is C17H22N2O3. The molecule has 1 fully saturated rings. The lowest BCUT2D eigenvalue weighted by Gasteiger charge is -2.26. The molecular weight excluding hydrogens is 280 g/mol. The monoisotopic (exact) mass is 302 g/mol. The van der Waals surface area contributed by atoms with E-state index in [0.717, 1.165) is 19.5 Å². The summed E-state index contributed by atoms with van der Waals surface area (Å²) in [5.41, 5.74) is 0.810. The van der Waals surface area contributed by atoms with Gasteiger partial charge in [-0.25, -0.2) is 0 Å². The van der Waals surface area contributed by atoms with Crippen LogP contribution in [0.4, 0.5) is 0 Å². The predicted molar refractivity (Wildman–Crippen MR) is 83.0 cm³/mol. The van der Waals surface area contributed by atoms with Crippen molar-refractivity contribution in [3.05, 3.63) is 29.8 Å². The molecule has 1 saturated heterocycles. The quantitative estimate of drug-likeness (QED) is 0.919. The number of amides is 1. The van der Waals surface area contributed by atoms with Gasteiger partial charge in [0.2, 0.25) is 5.91 Å². The fourth-order valence-corrected chi connectivity index (χ4v) is 3.14. The van der Waals surface area contributed by atoms with Crippen molar-refractivity contribution in [3.8, 4) is 5.75 Å². The lowest BCUT2D eigenvalue weighted by molar-refractivity contribution is -0.122. The summed E-state index contributed by atoms with van der Waals surface area (Å²) >= 11 is 0. The van der Waals surface area contributed by atoms with Gasteiger partial charge in [-0.2, -0.15) is 0 Å². The molecule has 1 atom stereocenters. The van der Waals surface area contributed by atoms with Gasteiger partial charge >= 0.3 is 0 Å². The Morgan fingerprint density at radius 2 is 2.18 bits per heavy atom. The van der Waals surface area contributed by atoms with Crippen molar-refractivity contribution in [1.29, 1.82) is 0 Å². The number of carbonyl (C=O) groups excluding carboxylic acids is 2. The van der Waals surface area contributed by atoms with Crippen LogP contribution >= 0.6 is 0 Å². The van der Waals surface area contributed by atoms with Crippen LogP contribution in [0.25, 0.3) is 0 Å². The largest absolute Gasteiger partial charge is 0.490 e. The zero-order valence-corrected chi connectivity index (χ0v) is 13.1. The molecule has 2 aliphatic heterocycles. The number of Topliss-reactive ketones (excluding diaryl/α,β-unsaturated/α-hetero) is 1. The van der Waals surface area contributed by atoms with E-state index in [1.54, 1.807) is 18.2 Å². The molecule has 0 aliphatic carbocycles. The number of benzene rings is 1. The lowest BCUT2D eigenvalue weighted by Crippen LogP contribution is -2.49. The smallest absolute Gasteiger partial charge is 0.234 e. The van der Waals surface area contributed by atoms with E-state index in [9.17, 15) is 9.59 Å². The van der Waals surface area contributed by atoms with E-state index in [1.807, 2.05) is 6.07 Å².